The third-order valence-electron chi connectivity index (χ3n) is 2.68. The molecular weight excluding hydrogens is 208 g/mol. The molecule has 0 bridgehead atoms. The Labute approximate surface area is 91.3 Å². The van der Waals surface area contributed by atoms with Crippen molar-refractivity contribution in [2.75, 3.05) is 18.0 Å². The number of carbonyl (C=O) groups excluding carboxylic acids is 1. The Hall–Kier alpha value is -1.42. The van der Waals surface area contributed by atoms with Crippen molar-refractivity contribution in [3.63, 3.8) is 0 Å². The standard InChI is InChI=1S/C11H10N2OS/c14-9-2-5-13(7-9)11-10-8(1-4-12-11)3-6-15-10/h1,3-4,6H,2,5,7H2. The Morgan fingerprint density at radius 1 is 1.40 bits per heavy atom. The van der Waals surface area contributed by atoms with Gasteiger partial charge in [0.15, 0.2) is 5.78 Å². The molecule has 1 saturated heterocycles. The first-order valence-corrected chi connectivity index (χ1v) is 5.81. The minimum atomic E-state index is 0.311. The summed E-state index contributed by atoms with van der Waals surface area (Å²) in [4.78, 5) is 17.7. The Kier molecular flexibility index (Phi) is 1.95. The molecule has 1 aliphatic rings. The van der Waals surface area contributed by atoms with E-state index in [9.17, 15) is 4.79 Å². The smallest absolute Gasteiger partial charge is 0.153 e. The van der Waals surface area contributed by atoms with Crippen molar-refractivity contribution < 1.29 is 4.79 Å². The first kappa shape index (κ1) is 8.85. The molecule has 0 spiro atoms. The molecule has 1 aliphatic heterocycles. The number of pyridine rings is 1. The molecule has 0 saturated carbocycles. The number of fused-ring (bicyclic) bond motifs is 1. The lowest BCUT2D eigenvalue weighted by Gasteiger charge is -2.15. The van der Waals surface area contributed by atoms with Crippen molar-refractivity contribution in [1.29, 1.82) is 0 Å². The van der Waals surface area contributed by atoms with Crippen LogP contribution in [-0.4, -0.2) is 23.9 Å². The van der Waals surface area contributed by atoms with Crippen molar-refractivity contribution in [1.82, 2.24) is 4.98 Å². The van der Waals surface area contributed by atoms with Gasteiger partial charge < -0.3 is 4.90 Å². The van der Waals surface area contributed by atoms with Crippen LogP contribution in [0.25, 0.3) is 10.1 Å². The fraction of sp³-hybridized carbons (Fsp3) is 0.273. The van der Waals surface area contributed by atoms with Crippen molar-refractivity contribution >= 4 is 33.0 Å². The summed E-state index contributed by atoms with van der Waals surface area (Å²) in [7, 11) is 0. The summed E-state index contributed by atoms with van der Waals surface area (Å²) < 4.78 is 1.19. The number of anilines is 1. The second kappa shape index (κ2) is 3.31. The largest absolute Gasteiger partial charge is 0.348 e. The monoisotopic (exact) mass is 218 g/mol. The maximum absolute atomic E-state index is 11.2. The third kappa shape index (κ3) is 1.41. The first-order chi connectivity index (χ1) is 7.34. The van der Waals surface area contributed by atoms with Crippen LogP contribution in [-0.2, 0) is 4.79 Å². The number of nitrogens with zero attached hydrogens (tertiary/aromatic N) is 2. The minimum Gasteiger partial charge on any atom is -0.348 e. The highest BCUT2D eigenvalue weighted by Gasteiger charge is 2.22. The van der Waals surface area contributed by atoms with Gasteiger partial charge in [-0.1, -0.05) is 0 Å². The zero-order chi connectivity index (χ0) is 10.3. The lowest BCUT2D eigenvalue weighted by atomic mass is 10.3. The van der Waals surface area contributed by atoms with E-state index in [4.69, 9.17) is 0 Å². The van der Waals surface area contributed by atoms with E-state index in [-0.39, 0.29) is 0 Å². The van der Waals surface area contributed by atoms with Crippen LogP contribution in [0, 0.1) is 0 Å². The highest BCUT2D eigenvalue weighted by atomic mass is 32.1. The number of aromatic nitrogens is 1. The molecule has 0 aromatic carbocycles. The van der Waals surface area contributed by atoms with Gasteiger partial charge in [-0.15, -0.1) is 11.3 Å². The third-order valence-corrected chi connectivity index (χ3v) is 3.60. The zero-order valence-corrected chi connectivity index (χ0v) is 8.96. The zero-order valence-electron chi connectivity index (χ0n) is 8.14. The van der Waals surface area contributed by atoms with E-state index in [1.54, 1.807) is 11.3 Å². The minimum absolute atomic E-state index is 0.311. The number of Topliss-reactive ketones (excluding diaryl/α,β-unsaturated/α-hetero) is 1. The quantitative estimate of drug-likeness (QED) is 0.734. The number of hydrogen-bond donors (Lipinski definition) is 0. The van der Waals surface area contributed by atoms with Crippen molar-refractivity contribution in [3.05, 3.63) is 23.7 Å². The van der Waals surface area contributed by atoms with Crippen molar-refractivity contribution in [2.45, 2.75) is 6.42 Å². The predicted octanol–water partition coefficient (Wildman–Crippen LogP) is 2.08. The molecule has 0 aliphatic carbocycles. The molecule has 0 amide bonds. The lowest BCUT2D eigenvalue weighted by molar-refractivity contribution is -0.116. The maximum Gasteiger partial charge on any atom is 0.153 e. The van der Waals surface area contributed by atoms with Gasteiger partial charge in [0, 0.05) is 19.2 Å². The molecule has 3 rings (SSSR count). The summed E-state index contributed by atoms with van der Waals surface area (Å²) in [6, 6.07) is 4.09. The van der Waals surface area contributed by atoms with Gasteiger partial charge in [0.25, 0.3) is 0 Å². The predicted molar refractivity (Wildman–Crippen MR) is 61.5 cm³/mol. The van der Waals surface area contributed by atoms with E-state index in [0.29, 0.717) is 18.7 Å². The summed E-state index contributed by atoms with van der Waals surface area (Å²) in [5, 5.41) is 3.28. The summed E-state index contributed by atoms with van der Waals surface area (Å²) in [6.07, 6.45) is 2.47. The molecule has 0 unspecified atom stereocenters. The number of rotatable bonds is 1. The van der Waals surface area contributed by atoms with Crippen LogP contribution >= 0.6 is 11.3 Å². The van der Waals surface area contributed by atoms with Gasteiger partial charge in [0.2, 0.25) is 0 Å². The van der Waals surface area contributed by atoms with E-state index in [0.717, 1.165) is 12.4 Å². The molecule has 15 heavy (non-hydrogen) atoms. The van der Waals surface area contributed by atoms with Crippen molar-refractivity contribution in [2.24, 2.45) is 0 Å². The van der Waals surface area contributed by atoms with Crippen LogP contribution < -0.4 is 4.90 Å². The highest BCUT2D eigenvalue weighted by molar-refractivity contribution is 7.17. The topological polar surface area (TPSA) is 33.2 Å². The molecule has 0 radical (unpaired) electrons. The van der Waals surface area contributed by atoms with Crippen LogP contribution in [0.15, 0.2) is 23.7 Å². The molecule has 2 aromatic heterocycles. The van der Waals surface area contributed by atoms with Crippen LogP contribution in [0.2, 0.25) is 0 Å². The molecule has 76 valence electrons. The molecule has 0 N–H and O–H groups in total. The second-order valence-electron chi connectivity index (χ2n) is 3.68. The van der Waals surface area contributed by atoms with Gasteiger partial charge in [-0.25, -0.2) is 4.98 Å². The van der Waals surface area contributed by atoms with E-state index in [1.165, 1.54) is 10.1 Å². The van der Waals surface area contributed by atoms with E-state index in [2.05, 4.69) is 21.3 Å². The van der Waals surface area contributed by atoms with E-state index < -0.39 is 0 Å². The molecule has 1 fully saturated rings. The summed E-state index contributed by atoms with van der Waals surface area (Å²) in [6.45, 7) is 1.33. The molecular formula is C11H10N2OS. The van der Waals surface area contributed by atoms with Crippen LogP contribution in [0.5, 0.6) is 0 Å². The SMILES string of the molecule is O=C1CCN(c2nccc3ccsc23)C1. The average Bonchev–Trinajstić information content (AvgIpc) is 2.84. The summed E-state index contributed by atoms with van der Waals surface area (Å²) >= 11 is 1.69. The Morgan fingerprint density at radius 2 is 2.33 bits per heavy atom. The number of thiophene rings is 1. The Balaban J connectivity index is 2.10. The fourth-order valence-corrected chi connectivity index (χ4v) is 2.83. The van der Waals surface area contributed by atoms with Gasteiger partial charge in [0.05, 0.1) is 11.2 Å². The second-order valence-corrected chi connectivity index (χ2v) is 4.60. The summed E-state index contributed by atoms with van der Waals surface area (Å²) in [5.74, 6) is 1.28. The highest BCUT2D eigenvalue weighted by Crippen LogP contribution is 2.30. The Morgan fingerprint density at radius 3 is 3.13 bits per heavy atom. The number of hydrogen-bond acceptors (Lipinski definition) is 4. The number of ketones is 1. The molecule has 2 aromatic rings. The fourth-order valence-electron chi connectivity index (χ4n) is 1.92. The molecule has 0 atom stereocenters. The molecule has 4 heteroatoms. The van der Waals surface area contributed by atoms with Gasteiger partial charge in [-0.2, -0.15) is 0 Å². The van der Waals surface area contributed by atoms with Crippen LogP contribution in [0.3, 0.4) is 0 Å². The van der Waals surface area contributed by atoms with Crippen LogP contribution in [0.1, 0.15) is 6.42 Å². The molecule has 3 heterocycles. The number of carbonyl (C=O) groups is 1. The first-order valence-electron chi connectivity index (χ1n) is 4.93. The van der Waals surface area contributed by atoms with Gasteiger partial charge in [0.1, 0.15) is 5.82 Å². The van der Waals surface area contributed by atoms with Gasteiger partial charge in [-0.3, -0.25) is 4.79 Å². The van der Waals surface area contributed by atoms with E-state index in [1.807, 2.05) is 12.3 Å². The van der Waals surface area contributed by atoms with E-state index >= 15 is 0 Å². The van der Waals surface area contributed by atoms with Crippen molar-refractivity contribution in [3.8, 4) is 0 Å². The average molecular weight is 218 g/mol. The van der Waals surface area contributed by atoms with Gasteiger partial charge >= 0.3 is 0 Å². The Bertz CT molecular complexity index is 520. The normalized spacial score (nSPS) is 16.5. The summed E-state index contributed by atoms with van der Waals surface area (Å²) in [5.41, 5.74) is 0. The lowest BCUT2D eigenvalue weighted by Crippen LogP contribution is -2.20. The van der Waals surface area contributed by atoms with Crippen LogP contribution in [0.4, 0.5) is 5.82 Å². The van der Waals surface area contributed by atoms with Gasteiger partial charge in [-0.05, 0) is 22.9 Å². The maximum atomic E-state index is 11.2. The molecule has 3 nitrogen and oxygen atoms in total.